The number of hydrogen-bond acceptors (Lipinski definition) is 4. The standard InChI is InChI=1S/C16H19N3O2/c1-21-16-4-2-3-14(19-16)9-12-18-15(20)6-5-13-7-10-17-11-8-13/h2-4,7-8,10-11H,5-6,9,12H2,1H3,(H,18,20). The maximum atomic E-state index is 11.8. The van der Waals surface area contributed by atoms with Crippen LogP contribution in [-0.2, 0) is 17.6 Å². The number of pyridine rings is 2. The SMILES string of the molecule is COc1cccc(CCNC(=O)CCc2ccncc2)n1. The van der Waals surface area contributed by atoms with Gasteiger partial charge < -0.3 is 10.1 Å². The van der Waals surface area contributed by atoms with Gasteiger partial charge in [0.15, 0.2) is 0 Å². The van der Waals surface area contributed by atoms with Crippen LogP contribution in [0.15, 0.2) is 42.7 Å². The smallest absolute Gasteiger partial charge is 0.220 e. The first-order chi connectivity index (χ1) is 10.3. The normalized spacial score (nSPS) is 10.1. The first-order valence-electron chi connectivity index (χ1n) is 6.93. The highest BCUT2D eigenvalue weighted by Crippen LogP contribution is 2.06. The van der Waals surface area contributed by atoms with Gasteiger partial charge in [-0.1, -0.05) is 6.07 Å². The third kappa shape index (κ3) is 5.22. The van der Waals surface area contributed by atoms with E-state index < -0.39 is 0 Å². The molecule has 21 heavy (non-hydrogen) atoms. The van der Waals surface area contributed by atoms with E-state index in [1.54, 1.807) is 25.6 Å². The second-order valence-electron chi connectivity index (χ2n) is 4.63. The molecule has 2 aromatic heterocycles. The lowest BCUT2D eigenvalue weighted by atomic mass is 10.1. The number of carbonyl (C=O) groups excluding carboxylic acids is 1. The van der Waals surface area contributed by atoms with Gasteiger partial charge in [-0.25, -0.2) is 4.98 Å². The Kier molecular flexibility index (Phi) is 5.70. The van der Waals surface area contributed by atoms with Crippen LogP contribution in [0, 0.1) is 0 Å². The number of nitrogens with one attached hydrogen (secondary N) is 1. The Morgan fingerprint density at radius 1 is 1.19 bits per heavy atom. The van der Waals surface area contributed by atoms with Crippen molar-refractivity contribution >= 4 is 5.91 Å². The summed E-state index contributed by atoms with van der Waals surface area (Å²) < 4.78 is 5.07. The summed E-state index contributed by atoms with van der Waals surface area (Å²) in [7, 11) is 1.59. The summed E-state index contributed by atoms with van der Waals surface area (Å²) in [4.78, 5) is 20.0. The number of rotatable bonds is 7. The van der Waals surface area contributed by atoms with Gasteiger partial charge in [0.2, 0.25) is 11.8 Å². The largest absolute Gasteiger partial charge is 0.481 e. The maximum Gasteiger partial charge on any atom is 0.220 e. The molecule has 0 atom stereocenters. The number of amides is 1. The molecule has 0 spiro atoms. The molecule has 0 fully saturated rings. The summed E-state index contributed by atoms with van der Waals surface area (Å²) in [6.45, 7) is 0.579. The van der Waals surface area contributed by atoms with Crippen molar-refractivity contribution in [1.29, 1.82) is 0 Å². The molecule has 0 saturated carbocycles. The third-order valence-electron chi connectivity index (χ3n) is 3.08. The van der Waals surface area contributed by atoms with E-state index in [0.29, 0.717) is 25.3 Å². The van der Waals surface area contributed by atoms with Crippen LogP contribution in [0.3, 0.4) is 0 Å². The highest BCUT2D eigenvalue weighted by Gasteiger charge is 2.03. The molecule has 2 heterocycles. The molecule has 2 rings (SSSR count). The van der Waals surface area contributed by atoms with Crippen molar-refractivity contribution in [3.8, 4) is 5.88 Å². The third-order valence-corrected chi connectivity index (χ3v) is 3.08. The zero-order valence-corrected chi connectivity index (χ0v) is 12.1. The minimum Gasteiger partial charge on any atom is -0.481 e. The highest BCUT2D eigenvalue weighted by atomic mass is 16.5. The predicted molar refractivity (Wildman–Crippen MR) is 80.1 cm³/mol. The molecular weight excluding hydrogens is 266 g/mol. The average Bonchev–Trinajstić information content (AvgIpc) is 2.54. The van der Waals surface area contributed by atoms with Gasteiger partial charge in [-0.2, -0.15) is 0 Å². The number of aromatic nitrogens is 2. The van der Waals surface area contributed by atoms with Gasteiger partial charge in [0, 0.05) is 43.5 Å². The van der Waals surface area contributed by atoms with Crippen LogP contribution in [0.5, 0.6) is 5.88 Å². The van der Waals surface area contributed by atoms with Crippen LogP contribution < -0.4 is 10.1 Å². The van der Waals surface area contributed by atoms with Gasteiger partial charge >= 0.3 is 0 Å². The second kappa shape index (κ2) is 7.99. The Morgan fingerprint density at radius 3 is 2.76 bits per heavy atom. The van der Waals surface area contributed by atoms with E-state index in [1.165, 1.54) is 0 Å². The van der Waals surface area contributed by atoms with Gasteiger partial charge in [0.05, 0.1) is 7.11 Å². The molecule has 2 aromatic rings. The molecule has 0 aliphatic heterocycles. The van der Waals surface area contributed by atoms with E-state index in [2.05, 4.69) is 15.3 Å². The van der Waals surface area contributed by atoms with Crippen LogP contribution in [-0.4, -0.2) is 29.5 Å². The molecule has 0 unspecified atom stereocenters. The molecule has 0 radical (unpaired) electrons. The van der Waals surface area contributed by atoms with E-state index in [0.717, 1.165) is 17.7 Å². The monoisotopic (exact) mass is 285 g/mol. The molecule has 110 valence electrons. The van der Waals surface area contributed by atoms with Gasteiger partial charge in [-0.3, -0.25) is 9.78 Å². The molecule has 5 nitrogen and oxygen atoms in total. The second-order valence-corrected chi connectivity index (χ2v) is 4.63. The predicted octanol–water partition coefficient (Wildman–Crippen LogP) is 1.78. The molecule has 1 N–H and O–H groups in total. The zero-order valence-electron chi connectivity index (χ0n) is 12.1. The lowest BCUT2D eigenvalue weighted by molar-refractivity contribution is -0.121. The number of methoxy groups -OCH3 is 1. The Hall–Kier alpha value is -2.43. The van der Waals surface area contributed by atoms with Crippen molar-refractivity contribution in [1.82, 2.24) is 15.3 Å². The quantitative estimate of drug-likeness (QED) is 0.842. The number of nitrogens with zero attached hydrogens (tertiary/aromatic N) is 2. The summed E-state index contributed by atoms with van der Waals surface area (Å²) in [6.07, 6.45) is 5.38. The molecule has 0 aliphatic carbocycles. The fourth-order valence-corrected chi connectivity index (χ4v) is 1.94. The summed E-state index contributed by atoms with van der Waals surface area (Å²) in [6, 6.07) is 9.47. The van der Waals surface area contributed by atoms with E-state index in [4.69, 9.17) is 4.74 Å². The van der Waals surface area contributed by atoms with E-state index in [1.807, 2.05) is 24.3 Å². The van der Waals surface area contributed by atoms with Crippen molar-refractivity contribution in [2.75, 3.05) is 13.7 Å². The van der Waals surface area contributed by atoms with Crippen molar-refractivity contribution in [3.05, 3.63) is 54.0 Å². The molecule has 1 amide bonds. The van der Waals surface area contributed by atoms with Crippen molar-refractivity contribution in [2.24, 2.45) is 0 Å². The maximum absolute atomic E-state index is 11.8. The Labute approximate surface area is 124 Å². The Bertz CT molecular complexity index is 573. The summed E-state index contributed by atoms with van der Waals surface area (Å²) in [5, 5.41) is 2.90. The van der Waals surface area contributed by atoms with E-state index >= 15 is 0 Å². The first-order valence-corrected chi connectivity index (χ1v) is 6.93. The minimum absolute atomic E-state index is 0.0507. The topological polar surface area (TPSA) is 64.1 Å². The summed E-state index contributed by atoms with van der Waals surface area (Å²) in [5.74, 6) is 0.645. The van der Waals surface area contributed by atoms with Gasteiger partial charge in [0.25, 0.3) is 0 Å². The molecule has 0 aromatic carbocycles. The summed E-state index contributed by atoms with van der Waals surface area (Å²) >= 11 is 0. The van der Waals surface area contributed by atoms with E-state index in [9.17, 15) is 4.79 Å². The van der Waals surface area contributed by atoms with Crippen LogP contribution >= 0.6 is 0 Å². The van der Waals surface area contributed by atoms with Crippen molar-refractivity contribution in [2.45, 2.75) is 19.3 Å². The van der Waals surface area contributed by atoms with Crippen LogP contribution in [0.2, 0.25) is 0 Å². The molecular formula is C16H19N3O2. The lowest BCUT2D eigenvalue weighted by Gasteiger charge is -2.06. The molecule has 0 aliphatic rings. The first kappa shape index (κ1) is 15.0. The van der Waals surface area contributed by atoms with Crippen LogP contribution in [0.1, 0.15) is 17.7 Å². The van der Waals surface area contributed by atoms with Gasteiger partial charge in [-0.15, -0.1) is 0 Å². The highest BCUT2D eigenvalue weighted by molar-refractivity contribution is 5.76. The number of ether oxygens (including phenoxy) is 1. The minimum atomic E-state index is 0.0507. The Morgan fingerprint density at radius 2 is 2.00 bits per heavy atom. The molecule has 0 bridgehead atoms. The lowest BCUT2D eigenvalue weighted by Crippen LogP contribution is -2.26. The van der Waals surface area contributed by atoms with Crippen LogP contribution in [0.25, 0.3) is 0 Å². The number of hydrogen-bond donors (Lipinski definition) is 1. The fraction of sp³-hybridized carbons (Fsp3) is 0.312. The Balaban J connectivity index is 1.69. The summed E-state index contributed by atoms with van der Waals surface area (Å²) in [5.41, 5.74) is 2.03. The van der Waals surface area contributed by atoms with Crippen molar-refractivity contribution < 1.29 is 9.53 Å². The average molecular weight is 285 g/mol. The van der Waals surface area contributed by atoms with Gasteiger partial charge in [-0.05, 0) is 30.2 Å². The fourth-order valence-electron chi connectivity index (χ4n) is 1.94. The van der Waals surface area contributed by atoms with Gasteiger partial charge in [0.1, 0.15) is 0 Å². The molecule has 5 heteroatoms. The number of carbonyl (C=O) groups is 1. The van der Waals surface area contributed by atoms with E-state index in [-0.39, 0.29) is 5.91 Å². The zero-order chi connectivity index (χ0) is 14.9. The molecule has 0 saturated heterocycles. The van der Waals surface area contributed by atoms with Crippen LogP contribution in [0.4, 0.5) is 0 Å². The number of aryl methyl sites for hydroxylation is 1. The van der Waals surface area contributed by atoms with Crippen molar-refractivity contribution in [3.63, 3.8) is 0 Å².